The highest BCUT2D eigenvalue weighted by atomic mass is 14.8. The predicted molar refractivity (Wildman–Crippen MR) is 97.8 cm³/mol. The molecule has 0 amide bonds. The Hall–Kier alpha value is -0.300. The summed E-state index contributed by atoms with van der Waals surface area (Å²) in [5, 5.41) is 3.50. The Morgan fingerprint density at radius 1 is 1.05 bits per heavy atom. The molecule has 0 aromatic heterocycles. The molecule has 2 saturated carbocycles. The molecular weight excluding hydrogens is 266 g/mol. The van der Waals surface area contributed by atoms with E-state index in [9.17, 15) is 0 Å². The van der Waals surface area contributed by atoms with Crippen molar-refractivity contribution in [3.63, 3.8) is 0 Å². The minimum absolute atomic E-state index is 0.866. The van der Waals surface area contributed by atoms with Crippen LogP contribution in [-0.2, 0) is 0 Å². The quantitative estimate of drug-likeness (QED) is 0.564. The lowest BCUT2D eigenvalue weighted by Crippen LogP contribution is -2.45. The van der Waals surface area contributed by atoms with Gasteiger partial charge < -0.3 is 5.32 Å². The zero-order valence-corrected chi connectivity index (χ0v) is 15.8. The molecule has 1 nitrogen and oxygen atoms in total. The molecule has 0 heterocycles. The van der Waals surface area contributed by atoms with Gasteiger partial charge in [-0.1, -0.05) is 59.1 Å². The summed E-state index contributed by atoms with van der Waals surface area (Å²) in [6.07, 6.45) is 10.4. The molecule has 128 valence electrons. The first kappa shape index (κ1) is 18.0. The Morgan fingerprint density at radius 3 is 2.27 bits per heavy atom. The van der Waals surface area contributed by atoms with Gasteiger partial charge in [-0.05, 0) is 74.3 Å². The highest BCUT2D eigenvalue weighted by molar-refractivity contribution is 5.10. The molecule has 0 spiro atoms. The Morgan fingerprint density at radius 2 is 1.73 bits per heavy atom. The zero-order chi connectivity index (χ0) is 16.3. The van der Waals surface area contributed by atoms with Crippen LogP contribution in [0, 0.1) is 47.3 Å². The third kappa shape index (κ3) is 3.45. The summed E-state index contributed by atoms with van der Waals surface area (Å²) < 4.78 is 0. The smallest absolute Gasteiger partial charge is 0.00204 e. The molecule has 0 aromatic rings. The van der Waals surface area contributed by atoms with E-state index in [1.54, 1.807) is 0 Å². The number of hydrogen-bond donors (Lipinski definition) is 1. The second-order valence-corrected chi connectivity index (χ2v) is 8.14. The average Bonchev–Trinajstić information content (AvgIpc) is 3.22. The molecule has 1 heteroatoms. The minimum atomic E-state index is 0.866. The standard InChI is InChI=1S/C21H39N/c1-7-10-18-14(4)15(5)20(18)12-16(13-22-6)21-17(9-3)19(21)11-8-2/h8,11,14-22H,7,9-10,12-13H2,1-6H3/b11-8-. The molecule has 0 aromatic carbocycles. The van der Waals surface area contributed by atoms with E-state index in [-0.39, 0.29) is 0 Å². The van der Waals surface area contributed by atoms with Crippen LogP contribution in [0.2, 0.25) is 0 Å². The van der Waals surface area contributed by atoms with Gasteiger partial charge in [0.05, 0.1) is 0 Å². The summed E-state index contributed by atoms with van der Waals surface area (Å²) in [6, 6.07) is 0. The van der Waals surface area contributed by atoms with Gasteiger partial charge >= 0.3 is 0 Å². The van der Waals surface area contributed by atoms with Crippen LogP contribution < -0.4 is 5.32 Å². The van der Waals surface area contributed by atoms with Crippen LogP contribution >= 0.6 is 0 Å². The molecule has 2 fully saturated rings. The summed E-state index contributed by atoms with van der Waals surface area (Å²) in [5.41, 5.74) is 0. The number of allylic oxidation sites excluding steroid dienone is 2. The largest absolute Gasteiger partial charge is 0.319 e. The van der Waals surface area contributed by atoms with Crippen molar-refractivity contribution in [3.8, 4) is 0 Å². The van der Waals surface area contributed by atoms with Gasteiger partial charge in [0.1, 0.15) is 0 Å². The Balaban J connectivity index is 2.00. The van der Waals surface area contributed by atoms with Crippen LogP contribution in [0.4, 0.5) is 0 Å². The number of hydrogen-bond acceptors (Lipinski definition) is 1. The van der Waals surface area contributed by atoms with Crippen LogP contribution in [0.5, 0.6) is 0 Å². The van der Waals surface area contributed by atoms with Crippen LogP contribution in [0.3, 0.4) is 0 Å². The zero-order valence-electron chi connectivity index (χ0n) is 15.8. The van der Waals surface area contributed by atoms with E-state index in [2.05, 4.69) is 59.1 Å². The maximum atomic E-state index is 3.50. The van der Waals surface area contributed by atoms with Crippen molar-refractivity contribution in [2.24, 2.45) is 47.3 Å². The van der Waals surface area contributed by atoms with Gasteiger partial charge in [-0.25, -0.2) is 0 Å². The molecule has 1 N–H and O–H groups in total. The molecule has 22 heavy (non-hydrogen) atoms. The van der Waals surface area contributed by atoms with Crippen LogP contribution in [-0.4, -0.2) is 13.6 Å². The predicted octanol–water partition coefficient (Wildman–Crippen LogP) is 5.38. The fourth-order valence-electron chi connectivity index (χ4n) is 5.73. The fraction of sp³-hybridized carbons (Fsp3) is 0.905. The SMILES string of the molecule is C/C=C\C1C(CC)C1C(CNC)CC1C(C)C(C)C1CCC. The van der Waals surface area contributed by atoms with Crippen LogP contribution in [0.15, 0.2) is 12.2 Å². The van der Waals surface area contributed by atoms with E-state index < -0.39 is 0 Å². The average molecular weight is 306 g/mol. The van der Waals surface area contributed by atoms with Crippen LogP contribution in [0.25, 0.3) is 0 Å². The lowest BCUT2D eigenvalue weighted by atomic mass is 9.54. The third-order valence-electron chi connectivity index (χ3n) is 7.12. The molecule has 0 saturated heterocycles. The molecule has 2 aliphatic carbocycles. The van der Waals surface area contributed by atoms with Crippen molar-refractivity contribution in [3.05, 3.63) is 12.2 Å². The van der Waals surface area contributed by atoms with Gasteiger partial charge in [-0.15, -0.1) is 0 Å². The molecule has 0 aliphatic heterocycles. The lowest BCUT2D eigenvalue weighted by Gasteiger charge is -2.51. The Labute approximate surface area is 139 Å². The van der Waals surface area contributed by atoms with E-state index in [0.717, 1.165) is 47.3 Å². The van der Waals surface area contributed by atoms with Gasteiger partial charge in [0.15, 0.2) is 0 Å². The number of rotatable bonds is 9. The highest BCUT2D eigenvalue weighted by Crippen LogP contribution is 2.58. The topological polar surface area (TPSA) is 12.0 Å². The lowest BCUT2D eigenvalue weighted by molar-refractivity contribution is -0.0227. The summed E-state index contributed by atoms with van der Waals surface area (Å²) in [5.74, 6) is 7.52. The number of nitrogens with one attached hydrogen (secondary N) is 1. The van der Waals surface area contributed by atoms with Gasteiger partial charge in [0.25, 0.3) is 0 Å². The first-order valence-electron chi connectivity index (χ1n) is 9.87. The van der Waals surface area contributed by atoms with E-state index in [1.807, 2.05) is 0 Å². The van der Waals surface area contributed by atoms with Gasteiger partial charge in [0, 0.05) is 0 Å². The minimum Gasteiger partial charge on any atom is -0.319 e. The van der Waals surface area contributed by atoms with E-state index in [1.165, 1.54) is 32.2 Å². The van der Waals surface area contributed by atoms with E-state index in [4.69, 9.17) is 0 Å². The van der Waals surface area contributed by atoms with Crippen molar-refractivity contribution in [2.45, 2.75) is 60.3 Å². The molecule has 2 rings (SSSR count). The second-order valence-electron chi connectivity index (χ2n) is 8.14. The van der Waals surface area contributed by atoms with Gasteiger partial charge in [-0.2, -0.15) is 0 Å². The van der Waals surface area contributed by atoms with Crippen molar-refractivity contribution >= 4 is 0 Å². The molecule has 8 atom stereocenters. The van der Waals surface area contributed by atoms with Crippen molar-refractivity contribution < 1.29 is 0 Å². The van der Waals surface area contributed by atoms with Gasteiger partial charge in [-0.3, -0.25) is 0 Å². The highest BCUT2D eigenvalue weighted by Gasteiger charge is 2.53. The monoisotopic (exact) mass is 305 g/mol. The summed E-state index contributed by atoms with van der Waals surface area (Å²) in [4.78, 5) is 0. The second kappa shape index (κ2) is 7.99. The molecule has 8 unspecified atom stereocenters. The first-order valence-corrected chi connectivity index (χ1v) is 9.87. The summed E-state index contributed by atoms with van der Waals surface area (Å²) in [7, 11) is 2.14. The van der Waals surface area contributed by atoms with Crippen LogP contribution in [0.1, 0.15) is 60.3 Å². The fourth-order valence-corrected chi connectivity index (χ4v) is 5.73. The van der Waals surface area contributed by atoms with E-state index in [0.29, 0.717) is 0 Å². The molecular formula is C21H39N. The maximum Gasteiger partial charge on any atom is -0.00204 e. The van der Waals surface area contributed by atoms with E-state index >= 15 is 0 Å². The Kier molecular flexibility index (Phi) is 6.56. The molecule has 0 bridgehead atoms. The molecule has 0 radical (unpaired) electrons. The van der Waals surface area contributed by atoms with Crippen molar-refractivity contribution in [2.75, 3.05) is 13.6 Å². The third-order valence-corrected chi connectivity index (χ3v) is 7.12. The van der Waals surface area contributed by atoms with Crippen molar-refractivity contribution in [1.82, 2.24) is 5.32 Å². The summed E-state index contributed by atoms with van der Waals surface area (Å²) in [6.45, 7) is 13.1. The summed E-state index contributed by atoms with van der Waals surface area (Å²) >= 11 is 0. The van der Waals surface area contributed by atoms with Gasteiger partial charge in [0.2, 0.25) is 0 Å². The maximum absolute atomic E-state index is 3.50. The Bertz CT molecular complexity index is 361. The molecule has 2 aliphatic rings. The first-order chi connectivity index (χ1) is 10.6. The van der Waals surface area contributed by atoms with Crippen molar-refractivity contribution in [1.29, 1.82) is 0 Å². The normalized spacial score (nSPS) is 42.4.